The molecule has 0 aromatic carbocycles. The maximum atomic E-state index is 13.0. The molecule has 0 radical (unpaired) electrons. The van der Waals surface area contributed by atoms with Crippen LogP contribution in [0.1, 0.15) is 31.9 Å². The zero-order valence-corrected chi connectivity index (χ0v) is 11.7. The highest BCUT2D eigenvalue weighted by Gasteiger charge is 2.08. The van der Waals surface area contributed by atoms with Crippen molar-refractivity contribution in [2.45, 2.75) is 39.4 Å². The van der Waals surface area contributed by atoms with Gasteiger partial charge in [0.05, 0.1) is 6.20 Å². The van der Waals surface area contributed by atoms with E-state index in [-0.39, 0.29) is 11.4 Å². The summed E-state index contributed by atoms with van der Waals surface area (Å²) >= 11 is 0. The third-order valence-electron chi connectivity index (χ3n) is 2.76. The van der Waals surface area contributed by atoms with E-state index in [1.165, 1.54) is 17.8 Å². The third-order valence-corrected chi connectivity index (χ3v) is 2.76. The van der Waals surface area contributed by atoms with Gasteiger partial charge in [-0.15, -0.1) is 0 Å². The first kappa shape index (κ1) is 13.7. The fourth-order valence-electron chi connectivity index (χ4n) is 1.81. The van der Waals surface area contributed by atoms with Crippen LogP contribution in [0.15, 0.2) is 36.9 Å². The van der Waals surface area contributed by atoms with E-state index >= 15 is 0 Å². The predicted octanol–water partition coefficient (Wildman–Crippen LogP) is 2.96. The molecular formula is C15H20FN3. The molecule has 0 spiro atoms. The molecule has 102 valence electrons. The SMILES string of the molecule is CC(C)(C)NCc1ccn(Cc2cncc(F)c2)c1. The van der Waals surface area contributed by atoms with Gasteiger partial charge in [-0.25, -0.2) is 4.39 Å². The Labute approximate surface area is 113 Å². The number of rotatable bonds is 4. The minimum absolute atomic E-state index is 0.106. The molecule has 0 atom stereocenters. The van der Waals surface area contributed by atoms with Crippen LogP contribution >= 0.6 is 0 Å². The molecule has 0 aliphatic heterocycles. The second-order valence-corrected chi connectivity index (χ2v) is 5.81. The number of hydrogen-bond acceptors (Lipinski definition) is 2. The van der Waals surface area contributed by atoms with Crippen LogP contribution in [0.5, 0.6) is 0 Å². The minimum Gasteiger partial charge on any atom is -0.350 e. The Morgan fingerprint density at radius 1 is 1.26 bits per heavy atom. The van der Waals surface area contributed by atoms with Crippen LogP contribution in [0.4, 0.5) is 4.39 Å². The fraction of sp³-hybridized carbons (Fsp3) is 0.400. The highest BCUT2D eigenvalue weighted by atomic mass is 19.1. The van der Waals surface area contributed by atoms with Gasteiger partial charge in [0.1, 0.15) is 5.82 Å². The van der Waals surface area contributed by atoms with Gasteiger partial charge < -0.3 is 9.88 Å². The van der Waals surface area contributed by atoms with Crippen LogP contribution in [0.25, 0.3) is 0 Å². The topological polar surface area (TPSA) is 29.9 Å². The van der Waals surface area contributed by atoms with Crippen LogP contribution in [0, 0.1) is 5.82 Å². The van der Waals surface area contributed by atoms with Gasteiger partial charge in [0.15, 0.2) is 0 Å². The molecule has 4 heteroatoms. The fourth-order valence-corrected chi connectivity index (χ4v) is 1.81. The van der Waals surface area contributed by atoms with Gasteiger partial charge in [-0.05, 0) is 44.0 Å². The summed E-state index contributed by atoms with van der Waals surface area (Å²) in [5.74, 6) is -0.292. The Bertz CT molecular complexity index is 540. The van der Waals surface area contributed by atoms with Gasteiger partial charge in [-0.1, -0.05) is 0 Å². The molecule has 0 amide bonds. The Balaban J connectivity index is 1.97. The molecule has 0 saturated heterocycles. The lowest BCUT2D eigenvalue weighted by atomic mass is 10.1. The molecule has 0 bridgehead atoms. The highest BCUT2D eigenvalue weighted by molar-refractivity contribution is 5.15. The van der Waals surface area contributed by atoms with Crippen molar-refractivity contribution in [1.82, 2.24) is 14.9 Å². The van der Waals surface area contributed by atoms with Crippen molar-refractivity contribution < 1.29 is 4.39 Å². The van der Waals surface area contributed by atoms with Gasteiger partial charge in [0.25, 0.3) is 0 Å². The molecule has 2 aromatic rings. The van der Waals surface area contributed by atoms with Crippen molar-refractivity contribution in [3.63, 3.8) is 0 Å². The summed E-state index contributed by atoms with van der Waals surface area (Å²) in [6.45, 7) is 7.89. The molecule has 1 N–H and O–H groups in total. The van der Waals surface area contributed by atoms with Crippen molar-refractivity contribution in [3.05, 3.63) is 53.9 Å². The monoisotopic (exact) mass is 261 g/mol. The molecule has 0 aliphatic carbocycles. The van der Waals surface area contributed by atoms with E-state index in [0.717, 1.165) is 12.1 Å². The average Bonchev–Trinajstić information content (AvgIpc) is 2.73. The van der Waals surface area contributed by atoms with Crippen molar-refractivity contribution in [3.8, 4) is 0 Å². The van der Waals surface area contributed by atoms with Gasteiger partial charge >= 0.3 is 0 Å². The average molecular weight is 261 g/mol. The summed E-state index contributed by atoms with van der Waals surface area (Å²) in [6, 6.07) is 3.59. The van der Waals surface area contributed by atoms with Crippen molar-refractivity contribution in [1.29, 1.82) is 0 Å². The molecule has 0 unspecified atom stereocenters. The van der Waals surface area contributed by atoms with Gasteiger partial charge in [0, 0.05) is 37.2 Å². The number of aromatic nitrogens is 2. The summed E-state index contributed by atoms with van der Waals surface area (Å²) in [5, 5.41) is 3.44. The highest BCUT2D eigenvalue weighted by Crippen LogP contribution is 2.08. The van der Waals surface area contributed by atoms with Gasteiger partial charge in [-0.3, -0.25) is 4.98 Å². The van der Waals surface area contributed by atoms with E-state index in [1.54, 1.807) is 6.20 Å². The zero-order valence-electron chi connectivity index (χ0n) is 11.7. The second kappa shape index (κ2) is 5.53. The van der Waals surface area contributed by atoms with Crippen molar-refractivity contribution in [2.24, 2.45) is 0 Å². The summed E-state index contributed by atoms with van der Waals surface area (Å²) in [5.41, 5.74) is 2.19. The van der Waals surface area contributed by atoms with Gasteiger partial charge in [0.2, 0.25) is 0 Å². The van der Waals surface area contributed by atoms with Crippen molar-refractivity contribution in [2.75, 3.05) is 0 Å². The van der Waals surface area contributed by atoms with E-state index in [0.29, 0.717) is 6.54 Å². The largest absolute Gasteiger partial charge is 0.350 e. The molecule has 0 aliphatic rings. The van der Waals surface area contributed by atoms with E-state index in [4.69, 9.17) is 0 Å². The Morgan fingerprint density at radius 2 is 2.05 bits per heavy atom. The first-order valence-corrected chi connectivity index (χ1v) is 6.41. The molecule has 0 fully saturated rings. The van der Waals surface area contributed by atoms with Crippen molar-refractivity contribution >= 4 is 0 Å². The zero-order chi connectivity index (χ0) is 13.9. The molecule has 0 saturated carbocycles. The molecule has 2 aromatic heterocycles. The van der Waals surface area contributed by atoms with E-state index in [2.05, 4.69) is 43.3 Å². The third kappa shape index (κ3) is 4.48. The van der Waals surface area contributed by atoms with E-state index in [9.17, 15) is 4.39 Å². The van der Waals surface area contributed by atoms with Crippen LogP contribution in [0.3, 0.4) is 0 Å². The van der Waals surface area contributed by atoms with Crippen LogP contribution < -0.4 is 5.32 Å². The van der Waals surface area contributed by atoms with Crippen LogP contribution in [0.2, 0.25) is 0 Å². The lowest BCUT2D eigenvalue weighted by Crippen LogP contribution is -2.34. The lowest BCUT2D eigenvalue weighted by Gasteiger charge is -2.19. The number of nitrogens with one attached hydrogen (secondary N) is 1. The summed E-state index contributed by atoms with van der Waals surface area (Å²) in [6.07, 6.45) is 6.99. The Hall–Kier alpha value is -1.68. The predicted molar refractivity (Wildman–Crippen MR) is 74.3 cm³/mol. The van der Waals surface area contributed by atoms with Crippen LogP contribution in [-0.2, 0) is 13.1 Å². The summed E-state index contributed by atoms with van der Waals surface area (Å²) in [4.78, 5) is 3.86. The first-order chi connectivity index (χ1) is 8.92. The first-order valence-electron chi connectivity index (χ1n) is 6.41. The molecule has 2 heterocycles. The molecular weight excluding hydrogens is 241 g/mol. The van der Waals surface area contributed by atoms with Crippen LogP contribution in [-0.4, -0.2) is 15.1 Å². The Morgan fingerprint density at radius 3 is 2.74 bits per heavy atom. The smallest absolute Gasteiger partial charge is 0.141 e. The minimum atomic E-state index is -0.292. The maximum absolute atomic E-state index is 13.0. The summed E-state index contributed by atoms with van der Waals surface area (Å²) in [7, 11) is 0. The number of pyridine rings is 1. The van der Waals surface area contributed by atoms with E-state index < -0.39 is 0 Å². The number of hydrogen-bond donors (Lipinski definition) is 1. The lowest BCUT2D eigenvalue weighted by molar-refractivity contribution is 0.424. The molecule has 19 heavy (non-hydrogen) atoms. The second-order valence-electron chi connectivity index (χ2n) is 5.81. The standard InChI is InChI=1S/C15H20FN3/c1-15(2,3)18-8-12-4-5-19(10-12)11-13-6-14(16)9-17-7-13/h4-7,9-10,18H,8,11H2,1-3H3. The molecule has 2 rings (SSSR count). The number of halogens is 1. The maximum Gasteiger partial charge on any atom is 0.141 e. The quantitative estimate of drug-likeness (QED) is 0.917. The Kier molecular flexibility index (Phi) is 4.00. The van der Waals surface area contributed by atoms with Gasteiger partial charge in [-0.2, -0.15) is 0 Å². The number of nitrogens with zero attached hydrogens (tertiary/aromatic N) is 2. The summed E-state index contributed by atoms with van der Waals surface area (Å²) < 4.78 is 15.1. The normalized spacial score (nSPS) is 11.8. The van der Waals surface area contributed by atoms with E-state index in [1.807, 2.05) is 10.8 Å². The molecule has 3 nitrogen and oxygen atoms in total.